The summed E-state index contributed by atoms with van der Waals surface area (Å²) >= 11 is 0. The topological polar surface area (TPSA) is 52.9 Å². The zero-order chi connectivity index (χ0) is 17.3. The SMILES string of the molecule is CCCC1=NN(C(=O)Cc2ccc(C)cc2)[C@@](O)(C(F)(F)F)C1. The molecule has 1 aliphatic heterocycles. The Labute approximate surface area is 132 Å². The summed E-state index contributed by atoms with van der Waals surface area (Å²) in [5, 5.41) is 14.0. The van der Waals surface area contributed by atoms with Crippen LogP contribution in [0, 0.1) is 6.92 Å². The van der Waals surface area contributed by atoms with Gasteiger partial charge < -0.3 is 5.11 Å². The number of nitrogens with zero attached hydrogens (tertiary/aromatic N) is 2. The summed E-state index contributed by atoms with van der Waals surface area (Å²) in [6, 6.07) is 6.89. The monoisotopic (exact) mass is 328 g/mol. The molecule has 1 amide bonds. The van der Waals surface area contributed by atoms with Gasteiger partial charge in [0.15, 0.2) is 0 Å². The molecular weight excluding hydrogens is 309 g/mol. The van der Waals surface area contributed by atoms with Crippen LogP contribution >= 0.6 is 0 Å². The van der Waals surface area contributed by atoms with Gasteiger partial charge in [-0.1, -0.05) is 43.2 Å². The van der Waals surface area contributed by atoms with E-state index in [0.29, 0.717) is 18.4 Å². The number of benzene rings is 1. The summed E-state index contributed by atoms with van der Waals surface area (Å²) in [7, 11) is 0. The molecule has 0 aliphatic carbocycles. The molecule has 2 rings (SSSR count). The van der Waals surface area contributed by atoms with Crippen LogP contribution in [-0.4, -0.2) is 33.6 Å². The van der Waals surface area contributed by atoms with Crippen molar-refractivity contribution in [3.05, 3.63) is 35.4 Å². The molecule has 1 N–H and O–H groups in total. The third-order valence-electron chi connectivity index (χ3n) is 3.75. The van der Waals surface area contributed by atoms with Crippen molar-refractivity contribution >= 4 is 11.6 Å². The third-order valence-corrected chi connectivity index (χ3v) is 3.75. The van der Waals surface area contributed by atoms with Gasteiger partial charge in [0.25, 0.3) is 5.72 Å². The van der Waals surface area contributed by atoms with Gasteiger partial charge in [0.1, 0.15) is 0 Å². The van der Waals surface area contributed by atoms with Crippen molar-refractivity contribution in [1.82, 2.24) is 5.01 Å². The fourth-order valence-corrected chi connectivity index (χ4v) is 2.48. The predicted octanol–water partition coefficient (Wildman–Crippen LogP) is 3.18. The van der Waals surface area contributed by atoms with Gasteiger partial charge in [-0.3, -0.25) is 4.79 Å². The van der Waals surface area contributed by atoms with Crippen LogP contribution in [0.15, 0.2) is 29.4 Å². The summed E-state index contributed by atoms with van der Waals surface area (Å²) in [6.07, 6.45) is -5.00. The van der Waals surface area contributed by atoms with Crippen LogP contribution in [0.25, 0.3) is 0 Å². The molecule has 1 aromatic rings. The van der Waals surface area contributed by atoms with Crippen LogP contribution in [-0.2, 0) is 11.2 Å². The summed E-state index contributed by atoms with van der Waals surface area (Å²) in [6.45, 7) is 3.67. The Kier molecular flexibility index (Phi) is 4.79. The number of amides is 1. The van der Waals surface area contributed by atoms with Crippen molar-refractivity contribution in [2.75, 3.05) is 0 Å². The van der Waals surface area contributed by atoms with E-state index in [1.54, 1.807) is 31.2 Å². The lowest BCUT2D eigenvalue weighted by Crippen LogP contribution is -2.57. The van der Waals surface area contributed by atoms with Gasteiger partial charge in [0.05, 0.1) is 6.42 Å². The van der Waals surface area contributed by atoms with Crippen LogP contribution in [0.3, 0.4) is 0 Å². The van der Waals surface area contributed by atoms with E-state index in [-0.39, 0.29) is 17.1 Å². The maximum Gasteiger partial charge on any atom is 0.438 e. The average Bonchev–Trinajstić information content (AvgIpc) is 2.80. The fraction of sp³-hybridized carbons (Fsp3) is 0.500. The Morgan fingerprint density at radius 3 is 2.48 bits per heavy atom. The molecule has 126 valence electrons. The molecule has 0 fully saturated rings. The first-order chi connectivity index (χ1) is 10.7. The third kappa shape index (κ3) is 3.55. The van der Waals surface area contributed by atoms with Gasteiger partial charge in [-0.15, -0.1) is 0 Å². The Bertz CT molecular complexity index is 611. The number of aliphatic hydroxyl groups is 1. The fourth-order valence-electron chi connectivity index (χ4n) is 2.48. The Hall–Kier alpha value is -1.89. The highest BCUT2D eigenvalue weighted by atomic mass is 19.4. The van der Waals surface area contributed by atoms with E-state index in [4.69, 9.17) is 0 Å². The summed E-state index contributed by atoms with van der Waals surface area (Å²) in [5.74, 6) is -0.875. The van der Waals surface area contributed by atoms with Crippen LogP contribution in [0.4, 0.5) is 13.2 Å². The summed E-state index contributed by atoms with van der Waals surface area (Å²) in [5.41, 5.74) is -1.51. The molecule has 7 heteroatoms. The average molecular weight is 328 g/mol. The molecule has 1 atom stereocenters. The molecule has 0 aromatic heterocycles. The van der Waals surface area contributed by atoms with Crippen molar-refractivity contribution in [3.63, 3.8) is 0 Å². The molecular formula is C16H19F3N2O2. The van der Waals surface area contributed by atoms with Gasteiger partial charge in [0, 0.05) is 12.1 Å². The maximum atomic E-state index is 13.2. The van der Waals surface area contributed by atoms with E-state index in [2.05, 4.69) is 5.10 Å². The van der Waals surface area contributed by atoms with Crippen LogP contribution in [0.1, 0.15) is 37.3 Å². The van der Waals surface area contributed by atoms with Crippen LogP contribution in [0.5, 0.6) is 0 Å². The standard InChI is InChI=1S/C16H19F3N2O2/c1-3-4-13-10-15(23,16(17,18)19)21(20-13)14(22)9-12-7-5-11(2)6-8-12/h5-8,23H,3-4,9-10H2,1-2H3/t15-/m0/s1. The molecule has 0 saturated heterocycles. The van der Waals surface area contributed by atoms with E-state index in [1.807, 2.05) is 6.92 Å². The quantitative estimate of drug-likeness (QED) is 0.923. The van der Waals surface area contributed by atoms with Gasteiger partial charge in [0.2, 0.25) is 5.91 Å². The molecule has 0 unspecified atom stereocenters. The maximum absolute atomic E-state index is 13.2. The summed E-state index contributed by atoms with van der Waals surface area (Å²) in [4.78, 5) is 12.3. The molecule has 0 bridgehead atoms. The van der Waals surface area contributed by atoms with E-state index < -0.39 is 24.2 Å². The molecule has 1 aliphatic rings. The first-order valence-corrected chi connectivity index (χ1v) is 7.41. The number of carbonyl (C=O) groups excluding carboxylic acids is 1. The smallest absolute Gasteiger partial charge is 0.362 e. The lowest BCUT2D eigenvalue weighted by Gasteiger charge is -2.32. The second kappa shape index (κ2) is 6.31. The first kappa shape index (κ1) is 17.5. The van der Waals surface area contributed by atoms with Crippen molar-refractivity contribution < 1.29 is 23.1 Å². The van der Waals surface area contributed by atoms with Crippen LogP contribution in [0.2, 0.25) is 0 Å². The summed E-state index contributed by atoms with van der Waals surface area (Å²) < 4.78 is 39.7. The normalized spacial score (nSPS) is 21.5. The molecule has 0 saturated carbocycles. The Balaban J connectivity index is 2.25. The van der Waals surface area contributed by atoms with Crippen molar-refractivity contribution in [1.29, 1.82) is 0 Å². The molecule has 0 radical (unpaired) electrons. The van der Waals surface area contributed by atoms with E-state index in [1.165, 1.54) is 0 Å². The molecule has 0 spiro atoms. The van der Waals surface area contributed by atoms with Gasteiger partial charge in [-0.25, -0.2) is 0 Å². The number of rotatable bonds is 4. The molecule has 1 aromatic carbocycles. The molecule has 1 heterocycles. The van der Waals surface area contributed by atoms with Crippen LogP contribution < -0.4 is 0 Å². The number of halogens is 3. The minimum absolute atomic E-state index is 0.185. The second-order valence-electron chi connectivity index (χ2n) is 5.78. The Morgan fingerprint density at radius 1 is 1.35 bits per heavy atom. The molecule has 4 nitrogen and oxygen atoms in total. The number of hydrogen-bond acceptors (Lipinski definition) is 3. The van der Waals surface area contributed by atoms with Gasteiger partial charge in [-0.05, 0) is 18.9 Å². The van der Waals surface area contributed by atoms with E-state index >= 15 is 0 Å². The minimum atomic E-state index is -4.96. The lowest BCUT2D eigenvalue weighted by molar-refractivity contribution is -0.302. The number of hydrogen-bond donors (Lipinski definition) is 1. The van der Waals surface area contributed by atoms with Gasteiger partial charge in [-0.2, -0.15) is 23.3 Å². The zero-order valence-electron chi connectivity index (χ0n) is 13.0. The molecule has 23 heavy (non-hydrogen) atoms. The number of hydrazone groups is 1. The largest absolute Gasteiger partial charge is 0.438 e. The zero-order valence-corrected chi connectivity index (χ0v) is 13.0. The number of carbonyl (C=O) groups is 1. The number of aryl methyl sites for hydroxylation is 1. The van der Waals surface area contributed by atoms with Crippen molar-refractivity contribution in [2.24, 2.45) is 5.10 Å². The highest BCUT2D eigenvalue weighted by molar-refractivity contribution is 5.91. The lowest BCUT2D eigenvalue weighted by atomic mass is 10.0. The van der Waals surface area contributed by atoms with E-state index in [0.717, 1.165) is 5.56 Å². The predicted molar refractivity (Wildman–Crippen MR) is 79.7 cm³/mol. The van der Waals surface area contributed by atoms with Gasteiger partial charge >= 0.3 is 6.18 Å². The highest BCUT2D eigenvalue weighted by Crippen LogP contribution is 2.41. The Morgan fingerprint density at radius 2 is 1.96 bits per heavy atom. The van der Waals surface area contributed by atoms with E-state index in [9.17, 15) is 23.1 Å². The highest BCUT2D eigenvalue weighted by Gasteiger charge is 2.62. The first-order valence-electron chi connectivity index (χ1n) is 7.41. The van der Waals surface area contributed by atoms with Crippen molar-refractivity contribution in [3.8, 4) is 0 Å². The van der Waals surface area contributed by atoms with Crippen molar-refractivity contribution in [2.45, 2.75) is 51.4 Å². The number of alkyl halides is 3. The second-order valence-corrected chi connectivity index (χ2v) is 5.78. The minimum Gasteiger partial charge on any atom is -0.362 e.